The molecule has 0 unspecified atom stereocenters. The Morgan fingerprint density at radius 1 is 1.13 bits per heavy atom. The zero-order valence-electron chi connectivity index (χ0n) is 10.5. The fourth-order valence-corrected chi connectivity index (χ4v) is 0.842. The molecule has 0 bridgehead atoms. The number of hydrogen-bond donors (Lipinski definition) is 1. The number of carbonyl (C=O) groups is 1. The molecule has 1 N–H and O–H groups in total. The van der Waals surface area contributed by atoms with Gasteiger partial charge in [0, 0.05) is 33.8 Å². The Labute approximate surface area is 93.3 Å². The average Bonchev–Trinajstić information content (AvgIpc) is 2.30. The minimum atomic E-state index is 0.0249. The van der Waals surface area contributed by atoms with Crippen LogP contribution >= 0.6 is 0 Å². The summed E-state index contributed by atoms with van der Waals surface area (Å²) >= 11 is 0. The van der Waals surface area contributed by atoms with E-state index in [0.717, 1.165) is 19.4 Å². The molecule has 0 aliphatic carbocycles. The van der Waals surface area contributed by atoms with Crippen LogP contribution in [-0.2, 0) is 14.3 Å². The van der Waals surface area contributed by atoms with E-state index < -0.39 is 0 Å². The molecule has 0 atom stereocenters. The van der Waals surface area contributed by atoms with E-state index in [1.54, 1.807) is 14.2 Å². The number of ether oxygens (including phenoxy) is 2. The van der Waals surface area contributed by atoms with Gasteiger partial charge < -0.3 is 14.8 Å². The zero-order valence-corrected chi connectivity index (χ0v) is 10.5. The van der Waals surface area contributed by atoms with E-state index in [1.165, 1.54) is 0 Å². The van der Waals surface area contributed by atoms with E-state index in [2.05, 4.69) is 5.32 Å². The summed E-state index contributed by atoms with van der Waals surface area (Å²) in [6, 6.07) is 0. The molecule has 4 heteroatoms. The highest BCUT2D eigenvalue weighted by Crippen LogP contribution is 1.91. The van der Waals surface area contributed by atoms with Crippen molar-refractivity contribution in [2.75, 3.05) is 34.0 Å². The standard InChI is InChI=1S/C9H19NO3.C2H6/c1-10-9(11)5-8-13-7-4-3-6-12-2;1-2/h3-8H2,1-2H3,(H,10,11);1-2H3. The summed E-state index contributed by atoms with van der Waals surface area (Å²) in [5, 5.41) is 2.54. The van der Waals surface area contributed by atoms with E-state index in [9.17, 15) is 4.79 Å². The van der Waals surface area contributed by atoms with Crippen LogP contribution in [-0.4, -0.2) is 39.9 Å². The summed E-state index contributed by atoms with van der Waals surface area (Å²) in [7, 11) is 3.31. The summed E-state index contributed by atoms with van der Waals surface area (Å²) in [5.74, 6) is 0.0249. The van der Waals surface area contributed by atoms with E-state index in [0.29, 0.717) is 19.6 Å². The van der Waals surface area contributed by atoms with Crippen molar-refractivity contribution in [2.24, 2.45) is 0 Å². The molecule has 0 rings (SSSR count). The van der Waals surface area contributed by atoms with Gasteiger partial charge in [-0.25, -0.2) is 0 Å². The number of methoxy groups -OCH3 is 1. The molecule has 0 heterocycles. The third-order valence-electron chi connectivity index (χ3n) is 1.64. The Morgan fingerprint density at radius 2 is 1.73 bits per heavy atom. The van der Waals surface area contributed by atoms with Crippen molar-refractivity contribution < 1.29 is 14.3 Å². The molecule has 15 heavy (non-hydrogen) atoms. The molecule has 0 fully saturated rings. The highest BCUT2D eigenvalue weighted by atomic mass is 16.5. The zero-order chi connectivity index (χ0) is 11.9. The second-order valence-corrected chi connectivity index (χ2v) is 2.74. The molecule has 0 aromatic carbocycles. The molecular weight excluding hydrogens is 194 g/mol. The third kappa shape index (κ3) is 16.1. The number of nitrogens with one attached hydrogen (secondary N) is 1. The van der Waals surface area contributed by atoms with E-state index >= 15 is 0 Å². The van der Waals surface area contributed by atoms with Crippen molar-refractivity contribution in [3.63, 3.8) is 0 Å². The lowest BCUT2D eigenvalue weighted by Gasteiger charge is -2.03. The Bertz CT molecular complexity index is 129. The number of amides is 1. The molecule has 4 nitrogen and oxygen atoms in total. The predicted octanol–water partition coefficient (Wildman–Crippen LogP) is 1.59. The maximum absolute atomic E-state index is 10.7. The van der Waals surface area contributed by atoms with E-state index in [-0.39, 0.29) is 5.91 Å². The first-order valence-corrected chi connectivity index (χ1v) is 5.58. The first kappa shape index (κ1) is 16.8. The van der Waals surface area contributed by atoms with Crippen molar-refractivity contribution in [3.05, 3.63) is 0 Å². The van der Waals surface area contributed by atoms with Gasteiger partial charge in [-0.1, -0.05) is 13.8 Å². The van der Waals surface area contributed by atoms with Crippen LogP contribution in [0.5, 0.6) is 0 Å². The van der Waals surface area contributed by atoms with Gasteiger partial charge in [0.25, 0.3) is 0 Å². The van der Waals surface area contributed by atoms with Gasteiger partial charge in [0.15, 0.2) is 0 Å². The second kappa shape index (κ2) is 15.8. The van der Waals surface area contributed by atoms with Gasteiger partial charge in [-0.05, 0) is 12.8 Å². The first-order valence-electron chi connectivity index (χ1n) is 5.58. The van der Waals surface area contributed by atoms with Crippen molar-refractivity contribution in [1.29, 1.82) is 0 Å². The van der Waals surface area contributed by atoms with Crippen LogP contribution in [0.25, 0.3) is 0 Å². The van der Waals surface area contributed by atoms with Crippen molar-refractivity contribution in [2.45, 2.75) is 33.1 Å². The number of carbonyl (C=O) groups excluding carboxylic acids is 1. The fourth-order valence-electron chi connectivity index (χ4n) is 0.842. The number of hydrogen-bond acceptors (Lipinski definition) is 3. The molecule has 0 saturated carbocycles. The number of unbranched alkanes of at least 4 members (excludes halogenated alkanes) is 1. The maximum Gasteiger partial charge on any atom is 0.222 e. The fraction of sp³-hybridized carbons (Fsp3) is 0.909. The van der Waals surface area contributed by atoms with Gasteiger partial charge in [0.1, 0.15) is 0 Å². The van der Waals surface area contributed by atoms with Gasteiger partial charge in [0.2, 0.25) is 5.91 Å². The van der Waals surface area contributed by atoms with Crippen LogP contribution < -0.4 is 5.32 Å². The summed E-state index contributed by atoms with van der Waals surface area (Å²) in [5.41, 5.74) is 0. The average molecular weight is 219 g/mol. The van der Waals surface area contributed by atoms with E-state index in [1.807, 2.05) is 13.8 Å². The smallest absolute Gasteiger partial charge is 0.222 e. The lowest BCUT2D eigenvalue weighted by Crippen LogP contribution is -2.19. The largest absolute Gasteiger partial charge is 0.385 e. The van der Waals surface area contributed by atoms with Crippen LogP contribution in [0.2, 0.25) is 0 Å². The monoisotopic (exact) mass is 219 g/mol. The van der Waals surface area contributed by atoms with Crippen LogP contribution in [0.3, 0.4) is 0 Å². The Kier molecular flexibility index (Phi) is 17.8. The minimum absolute atomic E-state index is 0.0249. The first-order chi connectivity index (χ1) is 7.31. The summed E-state index contributed by atoms with van der Waals surface area (Å²) in [6.45, 7) is 5.99. The van der Waals surface area contributed by atoms with Gasteiger partial charge in [0.05, 0.1) is 6.61 Å². The van der Waals surface area contributed by atoms with Crippen LogP contribution in [0.1, 0.15) is 33.1 Å². The van der Waals surface area contributed by atoms with Crippen LogP contribution in [0, 0.1) is 0 Å². The minimum Gasteiger partial charge on any atom is -0.385 e. The Balaban J connectivity index is 0. The highest BCUT2D eigenvalue weighted by Gasteiger charge is 1.96. The molecule has 92 valence electrons. The quantitative estimate of drug-likeness (QED) is 0.631. The van der Waals surface area contributed by atoms with E-state index in [4.69, 9.17) is 9.47 Å². The Morgan fingerprint density at radius 3 is 2.27 bits per heavy atom. The van der Waals surface area contributed by atoms with Crippen LogP contribution in [0.4, 0.5) is 0 Å². The normalized spacial score (nSPS) is 9.07. The summed E-state index contributed by atoms with van der Waals surface area (Å²) in [6.07, 6.45) is 2.44. The van der Waals surface area contributed by atoms with Crippen molar-refractivity contribution >= 4 is 5.91 Å². The number of rotatable bonds is 8. The Hall–Kier alpha value is -0.610. The molecule has 0 radical (unpaired) electrons. The molecule has 0 aliphatic rings. The molecule has 0 spiro atoms. The maximum atomic E-state index is 10.7. The van der Waals surface area contributed by atoms with Crippen molar-refractivity contribution in [3.8, 4) is 0 Å². The third-order valence-corrected chi connectivity index (χ3v) is 1.64. The van der Waals surface area contributed by atoms with Crippen molar-refractivity contribution in [1.82, 2.24) is 5.32 Å². The molecule has 0 aromatic rings. The molecular formula is C11H25NO3. The lowest BCUT2D eigenvalue weighted by molar-refractivity contribution is -0.121. The lowest BCUT2D eigenvalue weighted by atomic mass is 10.3. The summed E-state index contributed by atoms with van der Waals surface area (Å²) < 4.78 is 10.1. The highest BCUT2D eigenvalue weighted by molar-refractivity contribution is 5.75. The van der Waals surface area contributed by atoms with Gasteiger partial charge in [-0.3, -0.25) is 4.79 Å². The second-order valence-electron chi connectivity index (χ2n) is 2.74. The summed E-state index contributed by atoms with van der Waals surface area (Å²) in [4.78, 5) is 10.7. The molecule has 0 aromatic heterocycles. The molecule has 1 amide bonds. The van der Waals surface area contributed by atoms with Crippen LogP contribution in [0.15, 0.2) is 0 Å². The predicted molar refractivity (Wildman–Crippen MR) is 62.0 cm³/mol. The SMILES string of the molecule is CC.CNC(=O)CCOCCCCOC. The topological polar surface area (TPSA) is 47.6 Å². The molecule has 0 aliphatic heterocycles. The van der Waals surface area contributed by atoms with Gasteiger partial charge >= 0.3 is 0 Å². The van der Waals surface area contributed by atoms with Gasteiger partial charge in [-0.2, -0.15) is 0 Å². The molecule has 0 saturated heterocycles. The van der Waals surface area contributed by atoms with Gasteiger partial charge in [-0.15, -0.1) is 0 Å².